The zero-order chi connectivity index (χ0) is 16.8. The Kier molecular flexibility index (Phi) is 4.97. The van der Waals surface area contributed by atoms with Gasteiger partial charge < -0.3 is 0 Å². The van der Waals surface area contributed by atoms with Gasteiger partial charge in [-0.3, -0.25) is 0 Å². The number of hydrogen-bond acceptors (Lipinski definition) is 0. The monoisotopic (exact) mass is 520 g/mol. The third kappa shape index (κ3) is 3.27. The van der Waals surface area contributed by atoms with Crippen LogP contribution in [0.4, 0.5) is 0 Å². The second kappa shape index (κ2) is 6.40. The Bertz CT molecular complexity index is 736. The first-order valence-corrected chi connectivity index (χ1v) is 22.8. The van der Waals surface area contributed by atoms with Crippen LogP contribution in [0, 0.1) is 0 Å². The van der Waals surface area contributed by atoms with Crippen molar-refractivity contribution in [1.29, 1.82) is 0 Å². The van der Waals surface area contributed by atoms with Crippen LogP contribution in [0.3, 0.4) is 0 Å². The van der Waals surface area contributed by atoms with E-state index in [4.69, 9.17) is 0 Å². The van der Waals surface area contributed by atoms with Crippen molar-refractivity contribution in [3.63, 3.8) is 0 Å². The Balaban J connectivity index is 2.10. The molecule has 1 aliphatic carbocycles. The molecule has 3 rings (SSSR count). The van der Waals surface area contributed by atoms with Crippen LogP contribution in [0.15, 0.2) is 36.4 Å². The molecule has 23 heavy (non-hydrogen) atoms. The molecule has 0 amide bonds. The van der Waals surface area contributed by atoms with Crippen LogP contribution < -0.4 is 3.58 Å². The summed E-state index contributed by atoms with van der Waals surface area (Å²) in [7, 11) is 0. The van der Waals surface area contributed by atoms with Crippen LogP contribution >= 0.6 is 0 Å². The Labute approximate surface area is 156 Å². The van der Waals surface area contributed by atoms with E-state index in [1.54, 1.807) is 20.3 Å². The van der Waals surface area contributed by atoms with Gasteiger partial charge in [0.2, 0.25) is 0 Å². The van der Waals surface area contributed by atoms with Crippen molar-refractivity contribution in [3.05, 3.63) is 53.1 Å². The molecule has 1 aliphatic rings. The molecule has 0 nitrogen and oxygen atoms in total. The van der Waals surface area contributed by atoms with E-state index in [2.05, 4.69) is 72.0 Å². The molecule has 0 spiro atoms. The first-order chi connectivity index (χ1) is 10.7. The topological polar surface area (TPSA) is 0 Å². The first-order valence-electron chi connectivity index (χ1n) is 8.74. The fourth-order valence-electron chi connectivity index (χ4n) is 3.63. The molecule has 2 radical (unpaired) electrons. The minimum absolute atomic E-state index is 0.158. The molecule has 120 valence electrons. The molecule has 0 aliphatic heterocycles. The predicted octanol–water partition coefficient (Wildman–Crippen LogP) is 5.18. The molecule has 2 aromatic carbocycles. The Hall–Kier alpha value is 0.0374. The summed E-state index contributed by atoms with van der Waals surface area (Å²) in [5, 5.41) is 0. The van der Waals surface area contributed by atoms with Crippen molar-refractivity contribution >= 4 is 43.1 Å². The number of rotatable bonds is 4. The zero-order valence-electron chi connectivity index (χ0n) is 15.4. The number of fused-ring (bicyclic) bond motifs is 3. The molecule has 0 heterocycles. The maximum atomic E-state index is 2.55. The van der Waals surface area contributed by atoms with E-state index >= 15 is 0 Å². The maximum absolute atomic E-state index is 2.55. The van der Waals surface area contributed by atoms with E-state index in [9.17, 15) is 0 Å². The van der Waals surface area contributed by atoms with E-state index in [0.29, 0.717) is 0 Å². The van der Waals surface area contributed by atoms with Crippen molar-refractivity contribution < 1.29 is 0 Å². The van der Waals surface area contributed by atoms with Gasteiger partial charge in [-0.05, 0) is 0 Å². The Morgan fingerprint density at radius 2 is 1.52 bits per heavy atom. The van der Waals surface area contributed by atoms with E-state index in [0.717, 1.165) is 0 Å². The predicted molar refractivity (Wildman–Crippen MR) is 107 cm³/mol. The van der Waals surface area contributed by atoms with E-state index in [1.165, 1.54) is 20.0 Å². The van der Waals surface area contributed by atoms with E-state index < -0.39 is 18.4 Å². The van der Waals surface area contributed by atoms with Crippen molar-refractivity contribution in [1.82, 2.24) is 0 Å². The van der Waals surface area contributed by atoms with Crippen molar-refractivity contribution in [3.8, 4) is 11.1 Å². The molecule has 0 saturated heterocycles. The zero-order valence-corrected chi connectivity index (χ0v) is 21.1. The van der Waals surface area contributed by atoms with E-state index in [-0.39, 0.29) is 26.6 Å². The van der Waals surface area contributed by atoms with Gasteiger partial charge in [-0.25, -0.2) is 0 Å². The molecule has 0 N–H and O–H groups in total. The Morgan fingerprint density at radius 1 is 0.913 bits per heavy atom. The summed E-state index contributed by atoms with van der Waals surface area (Å²) >= 11 is -2.20. The standard InChI is InChI=1S/C16H14.C2H5.3CH3.2Sn/c1-11-8-9-13-12-6-4-5-7-14(12)16(2,3)15(13)10-11;1-2;;;;;/h4,6-10H,1H2,2-3H3;1H2,2H3;3*1H3;;. The average molecular weight is 518 g/mol. The quantitative estimate of drug-likeness (QED) is 0.490. The molecular weight excluding hydrogens is 490 g/mol. The van der Waals surface area contributed by atoms with Crippen molar-refractivity contribution in [2.45, 2.75) is 49.9 Å². The minimum atomic E-state index is -2.02. The van der Waals surface area contributed by atoms with Gasteiger partial charge in [0.05, 0.1) is 0 Å². The molecule has 0 atom stereocenters. The van der Waals surface area contributed by atoms with Crippen LogP contribution in [-0.4, -0.2) is 39.5 Å². The first kappa shape index (κ1) is 17.8. The second-order valence-corrected chi connectivity index (χ2v) is 27.2. The molecule has 2 heteroatoms. The van der Waals surface area contributed by atoms with Crippen LogP contribution in [-0.2, 0) is 9.85 Å². The van der Waals surface area contributed by atoms with Crippen molar-refractivity contribution in [2.24, 2.45) is 0 Å². The molecule has 0 saturated carbocycles. The third-order valence-corrected chi connectivity index (χ3v) is 14.3. The van der Waals surface area contributed by atoms with Gasteiger partial charge in [0.25, 0.3) is 0 Å². The molecule has 2 aromatic rings. The Morgan fingerprint density at radius 3 is 2.13 bits per heavy atom. The van der Waals surface area contributed by atoms with Gasteiger partial charge in [-0.2, -0.15) is 0 Å². The summed E-state index contributed by atoms with van der Waals surface area (Å²) < 4.78 is 4.47. The number of hydrogen-bond donors (Lipinski definition) is 0. The van der Waals surface area contributed by atoms with Crippen LogP contribution in [0.2, 0.25) is 19.3 Å². The normalized spacial score (nSPS) is 15.4. The van der Waals surface area contributed by atoms with Crippen LogP contribution in [0.25, 0.3) is 11.1 Å². The van der Waals surface area contributed by atoms with Gasteiger partial charge in [-0.1, -0.05) is 0 Å². The molecule has 0 fully saturated rings. The van der Waals surface area contributed by atoms with E-state index in [1.807, 2.05) is 0 Å². The van der Waals surface area contributed by atoms with Gasteiger partial charge in [0, 0.05) is 0 Å². The van der Waals surface area contributed by atoms with Gasteiger partial charge >= 0.3 is 157 Å². The molecule has 0 unspecified atom stereocenters. The van der Waals surface area contributed by atoms with Gasteiger partial charge in [0.15, 0.2) is 0 Å². The SMILES string of the molecule is C[CH2][Sn][CH2]c1ccc2c(c1)C(C)(C)c1c[c]([Sn]([CH3])([CH3])[CH3])ccc1-2. The van der Waals surface area contributed by atoms with Gasteiger partial charge in [-0.15, -0.1) is 0 Å². The van der Waals surface area contributed by atoms with Crippen LogP contribution in [0.5, 0.6) is 0 Å². The summed E-state index contributed by atoms with van der Waals surface area (Å²) in [6.07, 6.45) is 0. The fraction of sp³-hybridized carbons (Fsp3) is 0.429. The number of benzene rings is 2. The van der Waals surface area contributed by atoms with Crippen molar-refractivity contribution in [2.75, 3.05) is 0 Å². The summed E-state index contributed by atoms with van der Waals surface area (Å²) in [6.45, 7) is 7.19. The average Bonchev–Trinajstić information content (AvgIpc) is 2.72. The second-order valence-electron chi connectivity index (χ2n) is 8.30. The summed E-state index contributed by atoms with van der Waals surface area (Å²) in [5.41, 5.74) is 7.81. The summed E-state index contributed by atoms with van der Waals surface area (Å²) in [6, 6.07) is 14.7. The molecular formula is C21H28Sn2. The molecule has 0 bridgehead atoms. The van der Waals surface area contributed by atoms with Gasteiger partial charge in [0.1, 0.15) is 0 Å². The molecule has 0 aromatic heterocycles. The third-order valence-electron chi connectivity index (χ3n) is 5.19. The summed E-state index contributed by atoms with van der Waals surface area (Å²) in [4.78, 5) is 7.54. The van der Waals surface area contributed by atoms with Crippen LogP contribution in [0.1, 0.15) is 37.5 Å². The summed E-state index contributed by atoms with van der Waals surface area (Å²) in [5.74, 6) is 0. The fourth-order valence-corrected chi connectivity index (χ4v) is 9.11.